The van der Waals surface area contributed by atoms with Gasteiger partial charge in [0.15, 0.2) is 0 Å². The summed E-state index contributed by atoms with van der Waals surface area (Å²) in [6.45, 7) is 4.62. The molecule has 0 bridgehead atoms. The van der Waals surface area contributed by atoms with Gasteiger partial charge >= 0.3 is 0 Å². The van der Waals surface area contributed by atoms with Crippen molar-refractivity contribution in [3.63, 3.8) is 0 Å². The number of pyridine rings is 1. The number of H-pyrrole nitrogens is 1. The van der Waals surface area contributed by atoms with Crippen LogP contribution < -0.4 is 5.56 Å². The Morgan fingerprint density at radius 2 is 2.08 bits per heavy atom. The van der Waals surface area contributed by atoms with Gasteiger partial charge in [-0.25, -0.2) is 0 Å². The van der Waals surface area contributed by atoms with Gasteiger partial charge in [0.05, 0.1) is 17.7 Å². The SMILES string of the molecule is CO[C@H]1CC[C@@]2(OC)CCN(C(=O)c3ccc(C(C)C)[nH]c3=O)[C@H]2C1. The minimum Gasteiger partial charge on any atom is -0.381 e. The van der Waals surface area contributed by atoms with Gasteiger partial charge in [0.1, 0.15) is 5.56 Å². The average Bonchev–Trinajstić information content (AvgIpc) is 3.00. The van der Waals surface area contributed by atoms with Crippen molar-refractivity contribution in [2.24, 2.45) is 0 Å². The number of rotatable bonds is 4. The number of methoxy groups -OCH3 is 2. The van der Waals surface area contributed by atoms with Crippen molar-refractivity contribution >= 4 is 5.91 Å². The zero-order valence-corrected chi connectivity index (χ0v) is 15.5. The first-order chi connectivity index (χ1) is 11.9. The summed E-state index contributed by atoms with van der Waals surface area (Å²) >= 11 is 0. The molecule has 0 radical (unpaired) electrons. The van der Waals surface area contributed by atoms with E-state index in [1.54, 1.807) is 20.3 Å². The molecule has 2 heterocycles. The maximum Gasteiger partial charge on any atom is 0.261 e. The largest absolute Gasteiger partial charge is 0.381 e. The van der Waals surface area contributed by atoms with Crippen LogP contribution in [0.25, 0.3) is 0 Å². The van der Waals surface area contributed by atoms with E-state index in [0.29, 0.717) is 6.54 Å². The van der Waals surface area contributed by atoms with Crippen molar-refractivity contribution in [1.82, 2.24) is 9.88 Å². The molecular formula is C19H28N2O4. The molecule has 0 spiro atoms. The minimum absolute atomic E-state index is 0.0483. The van der Waals surface area contributed by atoms with E-state index >= 15 is 0 Å². The molecule has 1 aliphatic heterocycles. The first kappa shape index (κ1) is 18.1. The predicted octanol–water partition coefficient (Wildman–Crippen LogP) is 2.30. The molecule has 1 N–H and O–H groups in total. The second kappa shape index (κ2) is 6.92. The number of nitrogens with one attached hydrogen (secondary N) is 1. The highest BCUT2D eigenvalue weighted by Gasteiger charge is 2.52. The maximum atomic E-state index is 13.1. The number of hydrogen-bond acceptors (Lipinski definition) is 4. The lowest BCUT2D eigenvalue weighted by atomic mass is 9.79. The molecule has 6 heteroatoms. The molecule has 0 unspecified atom stereocenters. The Hall–Kier alpha value is -1.66. The van der Waals surface area contributed by atoms with E-state index in [0.717, 1.165) is 31.4 Å². The Balaban J connectivity index is 1.88. The van der Waals surface area contributed by atoms with E-state index in [1.807, 2.05) is 24.8 Å². The number of nitrogens with zero attached hydrogens (tertiary/aromatic N) is 1. The maximum absolute atomic E-state index is 13.1. The Kier molecular flexibility index (Phi) is 5.02. The van der Waals surface area contributed by atoms with E-state index in [1.165, 1.54) is 0 Å². The smallest absolute Gasteiger partial charge is 0.261 e. The van der Waals surface area contributed by atoms with Crippen LogP contribution in [-0.4, -0.2) is 54.3 Å². The lowest BCUT2D eigenvalue weighted by Crippen LogP contribution is -2.53. The van der Waals surface area contributed by atoms with Crippen molar-refractivity contribution in [2.45, 2.75) is 63.2 Å². The summed E-state index contributed by atoms with van der Waals surface area (Å²) in [5.74, 6) is 0.00261. The van der Waals surface area contributed by atoms with Crippen LogP contribution in [0.5, 0.6) is 0 Å². The predicted molar refractivity (Wildman–Crippen MR) is 95.0 cm³/mol. The molecule has 0 aromatic carbocycles. The van der Waals surface area contributed by atoms with Crippen molar-refractivity contribution in [1.29, 1.82) is 0 Å². The summed E-state index contributed by atoms with van der Waals surface area (Å²) in [4.78, 5) is 30.1. The molecule has 3 rings (SSSR count). The molecular weight excluding hydrogens is 320 g/mol. The summed E-state index contributed by atoms with van der Waals surface area (Å²) in [5, 5.41) is 0. The third kappa shape index (κ3) is 3.13. The highest BCUT2D eigenvalue weighted by molar-refractivity contribution is 5.94. The van der Waals surface area contributed by atoms with Crippen molar-refractivity contribution in [2.75, 3.05) is 20.8 Å². The molecule has 2 fully saturated rings. The van der Waals surface area contributed by atoms with Gasteiger partial charge in [-0.2, -0.15) is 0 Å². The standard InChI is InChI=1S/C19H28N2O4/c1-12(2)15-6-5-14(17(22)20-15)18(23)21-10-9-19(25-4)8-7-13(24-3)11-16(19)21/h5-6,12-13,16H,7-11H2,1-4H3,(H,20,22)/t13-,16-,19+/m0/s1. The van der Waals surface area contributed by atoms with E-state index in [-0.39, 0.29) is 40.7 Å². The Bertz CT molecular complexity index is 699. The van der Waals surface area contributed by atoms with E-state index < -0.39 is 0 Å². The van der Waals surface area contributed by atoms with Gasteiger partial charge < -0.3 is 19.4 Å². The van der Waals surface area contributed by atoms with Crippen LogP contribution in [0, 0.1) is 0 Å². The van der Waals surface area contributed by atoms with Gasteiger partial charge in [-0.1, -0.05) is 13.8 Å². The quantitative estimate of drug-likeness (QED) is 0.906. The van der Waals surface area contributed by atoms with E-state index in [4.69, 9.17) is 9.47 Å². The summed E-state index contributed by atoms with van der Waals surface area (Å²) < 4.78 is 11.4. The van der Waals surface area contributed by atoms with Gasteiger partial charge in [0.25, 0.3) is 11.5 Å². The normalized spacial score (nSPS) is 29.1. The monoisotopic (exact) mass is 348 g/mol. The third-order valence-corrected chi connectivity index (χ3v) is 5.92. The Labute approximate surface area is 148 Å². The highest BCUT2D eigenvalue weighted by Crippen LogP contribution is 2.43. The third-order valence-electron chi connectivity index (χ3n) is 5.92. The second-order valence-corrected chi connectivity index (χ2v) is 7.48. The molecule has 2 aliphatic rings. The Morgan fingerprint density at radius 1 is 1.32 bits per heavy atom. The van der Waals surface area contributed by atoms with Gasteiger partial charge in [-0.3, -0.25) is 9.59 Å². The van der Waals surface area contributed by atoms with E-state index in [9.17, 15) is 9.59 Å². The minimum atomic E-state index is -0.315. The van der Waals surface area contributed by atoms with Gasteiger partial charge in [-0.15, -0.1) is 0 Å². The lowest BCUT2D eigenvalue weighted by Gasteiger charge is -2.43. The zero-order valence-electron chi connectivity index (χ0n) is 15.5. The Morgan fingerprint density at radius 3 is 2.68 bits per heavy atom. The molecule has 1 saturated carbocycles. The fourth-order valence-electron chi connectivity index (χ4n) is 4.27. The van der Waals surface area contributed by atoms with Crippen molar-refractivity contribution < 1.29 is 14.3 Å². The molecule has 3 atom stereocenters. The topological polar surface area (TPSA) is 71.6 Å². The number of ether oxygens (including phenoxy) is 2. The van der Waals surface area contributed by atoms with Crippen LogP contribution in [0.1, 0.15) is 61.5 Å². The molecule has 1 aliphatic carbocycles. The van der Waals surface area contributed by atoms with Crippen LogP contribution in [0.2, 0.25) is 0 Å². The molecule has 1 aromatic heterocycles. The molecule has 25 heavy (non-hydrogen) atoms. The van der Waals surface area contributed by atoms with Gasteiger partial charge in [-0.05, 0) is 43.7 Å². The first-order valence-electron chi connectivity index (χ1n) is 9.04. The molecule has 6 nitrogen and oxygen atoms in total. The van der Waals surface area contributed by atoms with Crippen LogP contribution >= 0.6 is 0 Å². The number of likely N-dealkylation sites (tertiary alicyclic amines) is 1. The van der Waals surface area contributed by atoms with Crippen molar-refractivity contribution in [3.05, 3.63) is 33.7 Å². The average molecular weight is 348 g/mol. The number of amides is 1. The number of carbonyl (C=O) groups is 1. The zero-order chi connectivity index (χ0) is 18.2. The first-order valence-corrected chi connectivity index (χ1v) is 9.04. The number of fused-ring (bicyclic) bond motifs is 1. The summed E-state index contributed by atoms with van der Waals surface area (Å²) in [6, 6.07) is 3.44. The fraction of sp³-hybridized carbons (Fsp3) is 0.684. The van der Waals surface area contributed by atoms with Crippen LogP contribution in [0.3, 0.4) is 0 Å². The molecule has 1 aromatic rings. The van der Waals surface area contributed by atoms with Gasteiger partial charge in [0, 0.05) is 26.5 Å². The van der Waals surface area contributed by atoms with Crippen LogP contribution in [0.15, 0.2) is 16.9 Å². The van der Waals surface area contributed by atoms with Gasteiger partial charge in [0.2, 0.25) is 0 Å². The number of carbonyl (C=O) groups excluding carboxylic acids is 1. The number of hydrogen-bond donors (Lipinski definition) is 1. The summed E-state index contributed by atoms with van der Waals surface area (Å²) in [5.41, 5.74) is 0.419. The second-order valence-electron chi connectivity index (χ2n) is 7.48. The van der Waals surface area contributed by atoms with Crippen LogP contribution in [-0.2, 0) is 9.47 Å². The molecule has 138 valence electrons. The number of aromatic amines is 1. The van der Waals surface area contributed by atoms with Crippen LogP contribution in [0.4, 0.5) is 0 Å². The summed E-state index contributed by atoms with van der Waals surface area (Å²) in [6.07, 6.45) is 3.49. The fourth-order valence-corrected chi connectivity index (χ4v) is 4.27. The molecule has 1 saturated heterocycles. The number of aromatic nitrogens is 1. The summed E-state index contributed by atoms with van der Waals surface area (Å²) in [7, 11) is 3.43. The lowest BCUT2D eigenvalue weighted by molar-refractivity contribution is -0.0893. The highest BCUT2D eigenvalue weighted by atomic mass is 16.5. The van der Waals surface area contributed by atoms with E-state index in [2.05, 4.69) is 4.98 Å². The molecule has 1 amide bonds. The van der Waals surface area contributed by atoms with Crippen molar-refractivity contribution in [3.8, 4) is 0 Å².